The quantitative estimate of drug-likeness (QED) is 0.816. The number of nitrogens with zero attached hydrogens (tertiary/aromatic N) is 1. The summed E-state index contributed by atoms with van der Waals surface area (Å²) in [6.45, 7) is 10.3. The summed E-state index contributed by atoms with van der Waals surface area (Å²) in [6.07, 6.45) is 3.21. The second-order valence-corrected chi connectivity index (χ2v) is 5.79. The maximum atomic E-state index is 12.7. The summed E-state index contributed by atoms with van der Waals surface area (Å²) in [5, 5.41) is 2.89. The van der Waals surface area contributed by atoms with E-state index >= 15 is 0 Å². The van der Waals surface area contributed by atoms with Gasteiger partial charge in [0.2, 0.25) is 11.8 Å². The van der Waals surface area contributed by atoms with E-state index in [4.69, 9.17) is 0 Å². The van der Waals surface area contributed by atoms with Crippen LogP contribution in [0.25, 0.3) is 0 Å². The second kappa shape index (κ2) is 5.29. The summed E-state index contributed by atoms with van der Waals surface area (Å²) in [6, 6.07) is 0. The minimum atomic E-state index is -0.694. The van der Waals surface area contributed by atoms with Crippen LogP contribution in [-0.2, 0) is 9.59 Å². The number of amides is 2. The summed E-state index contributed by atoms with van der Waals surface area (Å²) in [4.78, 5) is 26.4. The van der Waals surface area contributed by atoms with Gasteiger partial charge >= 0.3 is 0 Å². The number of piperazine rings is 1. The predicted molar refractivity (Wildman–Crippen MR) is 72.2 cm³/mol. The van der Waals surface area contributed by atoms with E-state index in [0.717, 1.165) is 12.8 Å². The first kappa shape index (κ1) is 15.0. The fourth-order valence-corrected chi connectivity index (χ4v) is 2.80. The van der Waals surface area contributed by atoms with Crippen LogP contribution < -0.4 is 5.32 Å². The van der Waals surface area contributed by atoms with Gasteiger partial charge in [0.25, 0.3) is 0 Å². The van der Waals surface area contributed by atoms with Crippen molar-refractivity contribution >= 4 is 11.8 Å². The molecule has 2 amide bonds. The molecule has 0 unspecified atom stereocenters. The lowest BCUT2D eigenvalue weighted by Crippen LogP contribution is -2.69. The zero-order valence-corrected chi connectivity index (χ0v) is 12.3. The highest BCUT2D eigenvalue weighted by Crippen LogP contribution is 2.29. The lowest BCUT2D eigenvalue weighted by atomic mass is 9.85. The molecule has 0 aromatic heterocycles. The molecule has 1 aliphatic heterocycles. The largest absolute Gasteiger partial charge is 0.340 e. The van der Waals surface area contributed by atoms with Gasteiger partial charge in [0.1, 0.15) is 12.1 Å². The number of nitrogens with one attached hydrogen (secondary N) is 1. The molecule has 0 aromatic rings. The predicted octanol–water partition coefficient (Wildman–Crippen LogP) is 2.08. The molecule has 104 valence electrons. The minimum absolute atomic E-state index is 0.0394. The monoisotopic (exact) mass is 254 g/mol. The van der Waals surface area contributed by atoms with E-state index in [-0.39, 0.29) is 23.9 Å². The first-order valence-electron chi connectivity index (χ1n) is 6.96. The number of carbonyl (C=O) groups excluding carboxylic acids is 2. The van der Waals surface area contributed by atoms with E-state index in [1.54, 1.807) is 4.90 Å². The van der Waals surface area contributed by atoms with Crippen LogP contribution in [0.3, 0.4) is 0 Å². The van der Waals surface area contributed by atoms with Crippen molar-refractivity contribution in [1.29, 1.82) is 0 Å². The molecule has 1 saturated heterocycles. The van der Waals surface area contributed by atoms with Crippen molar-refractivity contribution in [3.8, 4) is 0 Å². The van der Waals surface area contributed by atoms with Gasteiger partial charge in [0.15, 0.2) is 0 Å². The van der Waals surface area contributed by atoms with Crippen LogP contribution in [0.1, 0.15) is 60.3 Å². The highest BCUT2D eigenvalue weighted by Gasteiger charge is 2.47. The molecule has 18 heavy (non-hydrogen) atoms. The molecule has 0 spiro atoms. The van der Waals surface area contributed by atoms with Gasteiger partial charge in [-0.25, -0.2) is 0 Å². The molecule has 1 fully saturated rings. The van der Waals surface area contributed by atoms with Crippen molar-refractivity contribution in [3.05, 3.63) is 0 Å². The molecule has 0 radical (unpaired) electrons. The van der Waals surface area contributed by atoms with Crippen molar-refractivity contribution in [3.63, 3.8) is 0 Å². The van der Waals surface area contributed by atoms with Crippen molar-refractivity contribution < 1.29 is 9.59 Å². The average molecular weight is 254 g/mol. The third-order valence-corrected chi connectivity index (χ3v) is 4.13. The van der Waals surface area contributed by atoms with Crippen LogP contribution in [0.15, 0.2) is 0 Å². The lowest BCUT2D eigenvalue weighted by Gasteiger charge is -2.48. The topological polar surface area (TPSA) is 49.4 Å². The maximum Gasteiger partial charge on any atom is 0.249 e. The molecule has 1 heterocycles. The van der Waals surface area contributed by atoms with E-state index in [0.29, 0.717) is 12.8 Å². The van der Waals surface area contributed by atoms with Crippen LogP contribution in [0.5, 0.6) is 0 Å². The number of hydrogen-bond acceptors (Lipinski definition) is 2. The summed E-state index contributed by atoms with van der Waals surface area (Å²) < 4.78 is 0. The fourth-order valence-electron chi connectivity index (χ4n) is 2.80. The molecule has 1 N–H and O–H groups in total. The van der Waals surface area contributed by atoms with E-state index in [9.17, 15) is 9.59 Å². The standard InChI is InChI=1S/C14H26N2O2/c1-6-9-13(4,5)16-10-11(17)15-14(7-2,8-3)12(16)18/h6-10H2,1-5H3,(H,15,17). The molecule has 4 heteroatoms. The Morgan fingerprint density at radius 3 is 2.22 bits per heavy atom. The van der Waals surface area contributed by atoms with Gasteiger partial charge in [-0.3, -0.25) is 9.59 Å². The number of carbonyl (C=O) groups is 2. The molecular weight excluding hydrogens is 228 g/mol. The number of rotatable bonds is 5. The highest BCUT2D eigenvalue weighted by molar-refractivity contribution is 5.98. The Labute approximate surface area is 110 Å². The van der Waals surface area contributed by atoms with Crippen LogP contribution in [0.2, 0.25) is 0 Å². The Hall–Kier alpha value is -1.06. The van der Waals surface area contributed by atoms with Crippen molar-refractivity contribution in [2.24, 2.45) is 0 Å². The Morgan fingerprint density at radius 2 is 1.78 bits per heavy atom. The Kier molecular flexibility index (Phi) is 4.41. The Balaban J connectivity index is 3.06. The van der Waals surface area contributed by atoms with Crippen LogP contribution in [0, 0.1) is 0 Å². The molecule has 0 atom stereocenters. The van der Waals surface area contributed by atoms with E-state index < -0.39 is 5.54 Å². The molecule has 0 aliphatic carbocycles. The van der Waals surface area contributed by atoms with Gasteiger partial charge in [0, 0.05) is 5.54 Å². The third-order valence-electron chi connectivity index (χ3n) is 4.13. The van der Waals surface area contributed by atoms with Gasteiger partial charge in [0.05, 0.1) is 0 Å². The molecule has 1 rings (SSSR count). The zero-order valence-electron chi connectivity index (χ0n) is 12.3. The van der Waals surface area contributed by atoms with Gasteiger partial charge in [-0.2, -0.15) is 0 Å². The van der Waals surface area contributed by atoms with Gasteiger partial charge in [-0.15, -0.1) is 0 Å². The van der Waals surface area contributed by atoms with Crippen molar-refractivity contribution in [2.45, 2.75) is 71.4 Å². The van der Waals surface area contributed by atoms with Crippen LogP contribution in [0.4, 0.5) is 0 Å². The first-order valence-corrected chi connectivity index (χ1v) is 6.96. The normalized spacial score (nSPS) is 19.9. The molecule has 4 nitrogen and oxygen atoms in total. The van der Waals surface area contributed by atoms with Gasteiger partial charge < -0.3 is 10.2 Å². The fraction of sp³-hybridized carbons (Fsp3) is 0.857. The summed E-state index contributed by atoms with van der Waals surface area (Å²) >= 11 is 0. The third kappa shape index (κ3) is 2.52. The van der Waals surface area contributed by atoms with Crippen molar-refractivity contribution in [1.82, 2.24) is 10.2 Å². The Bertz CT molecular complexity index is 333. The minimum Gasteiger partial charge on any atom is -0.340 e. The summed E-state index contributed by atoms with van der Waals surface area (Å²) in [7, 11) is 0. The zero-order chi connectivity index (χ0) is 14.0. The van der Waals surface area contributed by atoms with E-state index in [2.05, 4.69) is 12.2 Å². The summed E-state index contributed by atoms with van der Waals surface area (Å²) in [5.41, 5.74) is -0.945. The first-order chi connectivity index (χ1) is 8.33. The van der Waals surface area contributed by atoms with E-state index in [1.807, 2.05) is 27.7 Å². The SMILES string of the molecule is CCCC(C)(C)N1CC(=O)NC(CC)(CC)C1=O. The second-order valence-electron chi connectivity index (χ2n) is 5.79. The maximum absolute atomic E-state index is 12.7. The molecule has 0 aromatic carbocycles. The van der Waals surface area contributed by atoms with Gasteiger partial charge in [-0.05, 0) is 33.1 Å². The molecular formula is C14H26N2O2. The smallest absolute Gasteiger partial charge is 0.249 e. The average Bonchev–Trinajstić information content (AvgIpc) is 2.31. The molecule has 1 aliphatic rings. The molecule has 0 saturated carbocycles. The number of hydrogen-bond donors (Lipinski definition) is 1. The highest BCUT2D eigenvalue weighted by atomic mass is 16.2. The molecule has 0 bridgehead atoms. The van der Waals surface area contributed by atoms with Gasteiger partial charge in [-0.1, -0.05) is 27.2 Å². The lowest BCUT2D eigenvalue weighted by molar-refractivity contribution is -0.156. The van der Waals surface area contributed by atoms with Crippen LogP contribution in [-0.4, -0.2) is 34.3 Å². The van der Waals surface area contributed by atoms with Crippen molar-refractivity contribution in [2.75, 3.05) is 6.54 Å². The summed E-state index contributed by atoms with van der Waals surface area (Å²) in [5.74, 6) is 0.0352. The Morgan fingerprint density at radius 1 is 1.22 bits per heavy atom. The van der Waals surface area contributed by atoms with Crippen LogP contribution >= 0.6 is 0 Å². The van der Waals surface area contributed by atoms with E-state index in [1.165, 1.54) is 0 Å².